The van der Waals surface area contributed by atoms with E-state index in [1.54, 1.807) is 56.3 Å². The summed E-state index contributed by atoms with van der Waals surface area (Å²) in [6, 6.07) is 11.6. The zero-order valence-electron chi connectivity index (χ0n) is 18.1. The third-order valence-corrected chi connectivity index (χ3v) is 4.78. The van der Waals surface area contributed by atoms with E-state index in [-0.39, 0.29) is 29.1 Å². The van der Waals surface area contributed by atoms with E-state index in [2.05, 4.69) is 10.6 Å². The number of carbonyl (C=O) groups is 3. The first-order chi connectivity index (χ1) is 14.8. The lowest BCUT2D eigenvalue weighted by atomic mass is 10.0. The number of hydrogen-bond acceptors (Lipinski definition) is 6. The van der Waals surface area contributed by atoms with E-state index in [0.29, 0.717) is 28.4 Å². The van der Waals surface area contributed by atoms with Crippen molar-refractivity contribution in [3.63, 3.8) is 0 Å². The minimum Gasteiger partial charge on any atom is -0.493 e. The molecule has 31 heavy (non-hydrogen) atoms. The molecule has 8 heteroatoms. The number of benzene rings is 2. The number of imide groups is 1. The van der Waals surface area contributed by atoms with Gasteiger partial charge in [-0.15, -0.1) is 0 Å². The topological polar surface area (TPSA) is 97.0 Å². The summed E-state index contributed by atoms with van der Waals surface area (Å²) >= 11 is 0. The van der Waals surface area contributed by atoms with Crippen LogP contribution >= 0.6 is 0 Å². The molecule has 0 fully saturated rings. The smallest absolute Gasteiger partial charge is 0.278 e. The van der Waals surface area contributed by atoms with Crippen molar-refractivity contribution < 1.29 is 23.9 Å². The van der Waals surface area contributed by atoms with E-state index in [4.69, 9.17) is 9.47 Å². The van der Waals surface area contributed by atoms with E-state index in [1.807, 2.05) is 0 Å². The van der Waals surface area contributed by atoms with E-state index in [0.717, 1.165) is 0 Å². The molecule has 1 aliphatic heterocycles. The number of rotatable bonds is 7. The van der Waals surface area contributed by atoms with Gasteiger partial charge >= 0.3 is 0 Å². The number of nitrogens with one attached hydrogen (secondary N) is 2. The van der Waals surface area contributed by atoms with Crippen LogP contribution in [0, 0.1) is 0 Å². The lowest BCUT2D eigenvalue weighted by Crippen LogP contribution is -2.38. The summed E-state index contributed by atoms with van der Waals surface area (Å²) in [5, 5.41) is 5.77. The molecular formula is C23H25N3O5. The minimum absolute atomic E-state index is 0.178. The van der Waals surface area contributed by atoms with Crippen molar-refractivity contribution in [3.8, 4) is 11.5 Å². The van der Waals surface area contributed by atoms with Crippen molar-refractivity contribution >= 4 is 34.7 Å². The monoisotopic (exact) mass is 423 g/mol. The van der Waals surface area contributed by atoms with E-state index in [1.165, 1.54) is 26.0 Å². The van der Waals surface area contributed by atoms with Crippen LogP contribution in [0.5, 0.6) is 11.5 Å². The molecule has 0 aliphatic carbocycles. The first-order valence-corrected chi connectivity index (χ1v) is 9.76. The molecule has 0 unspecified atom stereocenters. The van der Waals surface area contributed by atoms with Gasteiger partial charge < -0.3 is 20.1 Å². The number of methoxy groups -OCH3 is 2. The van der Waals surface area contributed by atoms with Crippen molar-refractivity contribution in [1.82, 2.24) is 4.90 Å². The van der Waals surface area contributed by atoms with Crippen LogP contribution in [0.4, 0.5) is 11.4 Å². The molecule has 3 rings (SSSR count). The van der Waals surface area contributed by atoms with Crippen LogP contribution in [0.25, 0.3) is 5.57 Å². The number of hydrogen-bond donors (Lipinski definition) is 2. The van der Waals surface area contributed by atoms with Crippen LogP contribution in [0.3, 0.4) is 0 Å². The Bertz CT molecular complexity index is 1060. The summed E-state index contributed by atoms with van der Waals surface area (Å²) in [5.41, 5.74) is 2.21. The Balaban J connectivity index is 2.05. The molecule has 2 aromatic rings. The van der Waals surface area contributed by atoms with Crippen LogP contribution in [-0.2, 0) is 14.4 Å². The highest BCUT2D eigenvalue weighted by Crippen LogP contribution is 2.36. The van der Waals surface area contributed by atoms with Gasteiger partial charge in [0.15, 0.2) is 11.5 Å². The van der Waals surface area contributed by atoms with Gasteiger partial charge in [-0.25, -0.2) is 0 Å². The van der Waals surface area contributed by atoms with Crippen molar-refractivity contribution in [2.45, 2.75) is 26.8 Å². The molecule has 0 aromatic heterocycles. The maximum Gasteiger partial charge on any atom is 0.278 e. The number of amides is 3. The van der Waals surface area contributed by atoms with Crippen LogP contribution < -0.4 is 20.1 Å². The van der Waals surface area contributed by atoms with E-state index >= 15 is 0 Å². The Labute approximate surface area is 180 Å². The quantitative estimate of drug-likeness (QED) is 0.664. The average Bonchev–Trinajstić information content (AvgIpc) is 2.98. The molecule has 2 N–H and O–H groups in total. The van der Waals surface area contributed by atoms with Gasteiger partial charge in [-0.1, -0.05) is 6.07 Å². The molecule has 2 aromatic carbocycles. The predicted molar refractivity (Wildman–Crippen MR) is 118 cm³/mol. The first kappa shape index (κ1) is 21.9. The zero-order chi connectivity index (χ0) is 22.7. The number of carbonyl (C=O) groups excluding carboxylic acids is 3. The van der Waals surface area contributed by atoms with Gasteiger partial charge in [0.2, 0.25) is 5.91 Å². The Morgan fingerprint density at radius 1 is 0.903 bits per heavy atom. The van der Waals surface area contributed by atoms with Crippen molar-refractivity contribution in [3.05, 3.63) is 53.7 Å². The molecule has 0 saturated carbocycles. The lowest BCUT2D eigenvalue weighted by molar-refractivity contribution is -0.138. The Morgan fingerprint density at radius 3 is 2.06 bits per heavy atom. The molecule has 8 nitrogen and oxygen atoms in total. The summed E-state index contributed by atoms with van der Waals surface area (Å²) in [4.78, 5) is 38.7. The van der Waals surface area contributed by atoms with Gasteiger partial charge in [-0.05, 0) is 55.8 Å². The molecule has 162 valence electrons. The maximum absolute atomic E-state index is 13.2. The summed E-state index contributed by atoms with van der Waals surface area (Å²) < 4.78 is 10.6. The van der Waals surface area contributed by atoms with Crippen molar-refractivity contribution in [2.24, 2.45) is 0 Å². The summed E-state index contributed by atoms with van der Waals surface area (Å²) in [5.74, 6) is 0.00534. The normalized spacial score (nSPS) is 13.7. The highest BCUT2D eigenvalue weighted by atomic mass is 16.5. The Hall–Kier alpha value is -3.81. The summed E-state index contributed by atoms with van der Waals surface area (Å²) in [6.07, 6.45) is 0. The fourth-order valence-corrected chi connectivity index (χ4v) is 3.38. The highest BCUT2D eigenvalue weighted by Gasteiger charge is 2.40. The molecule has 0 radical (unpaired) electrons. The largest absolute Gasteiger partial charge is 0.493 e. The molecule has 3 amide bonds. The fraction of sp³-hybridized carbons (Fsp3) is 0.261. The van der Waals surface area contributed by atoms with E-state index < -0.39 is 5.91 Å². The molecule has 1 heterocycles. The SMILES string of the molecule is COc1ccc(C2=C(Nc3ccc(NC(C)=O)cc3)C(=O)N(C(C)C)C2=O)cc1OC. The second-order valence-electron chi connectivity index (χ2n) is 7.28. The first-order valence-electron chi connectivity index (χ1n) is 9.76. The zero-order valence-corrected chi connectivity index (χ0v) is 18.1. The van der Waals surface area contributed by atoms with Crippen molar-refractivity contribution in [1.29, 1.82) is 0 Å². The van der Waals surface area contributed by atoms with Gasteiger partial charge in [0.1, 0.15) is 5.70 Å². The molecule has 0 saturated heterocycles. The molecule has 0 bridgehead atoms. The second-order valence-corrected chi connectivity index (χ2v) is 7.28. The van der Waals surface area contributed by atoms with Gasteiger partial charge in [0.05, 0.1) is 19.8 Å². The summed E-state index contributed by atoms with van der Waals surface area (Å²) in [7, 11) is 3.03. The van der Waals surface area contributed by atoms with Crippen LogP contribution in [0.1, 0.15) is 26.3 Å². The Kier molecular flexibility index (Phi) is 6.29. The molecule has 1 aliphatic rings. The number of ether oxygens (including phenoxy) is 2. The maximum atomic E-state index is 13.2. The molecule has 0 spiro atoms. The minimum atomic E-state index is -0.407. The average molecular weight is 423 g/mol. The third kappa shape index (κ3) is 4.37. The van der Waals surface area contributed by atoms with Gasteiger partial charge in [0.25, 0.3) is 11.8 Å². The predicted octanol–water partition coefficient (Wildman–Crippen LogP) is 3.26. The van der Waals surface area contributed by atoms with Gasteiger partial charge in [-0.2, -0.15) is 0 Å². The van der Waals surface area contributed by atoms with Gasteiger partial charge in [0, 0.05) is 24.3 Å². The number of anilines is 2. The number of nitrogens with zero attached hydrogens (tertiary/aromatic N) is 1. The standard InChI is InChI=1S/C23H25N3O5/c1-13(2)26-22(28)20(15-6-11-18(30-4)19(12-15)31-5)21(23(26)29)25-17-9-7-16(8-10-17)24-14(3)27/h6-13,25H,1-5H3,(H,24,27). The van der Waals surface area contributed by atoms with Gasteiger partial charge in [-0.3, -0.25) is 19.3 Å². The second kappa shape index (κ2) is 8.91. The molecule has 0 atom stereocenters. The van der Waals surface area contributed by atoms with Crippen LogP contribution in [0.15, 0.2) is 48.2 Å². The summed E-state index contributed by atoms with van der Waals surface area (Å²) in [6.45, 7) is 5.00. The Morgan fingerprint density at radius 2 is 1.52 bits per heavy atom. The van der Waals surface area contributed by atoms with Crippen LogP contribution in [0.2, 0.25) is 0 Å². The fourth-order valence-electron chi connectivity index (χ4n) is 3.38. The molecular weight excluding hydrogens is 398 g/mol. The van der Waals surface area contributed by atoms with Crippen LogP contribution in [-0.4, -0.2) is 42.9 Å². The highest BCUT2D eigenvalue weighted by molar-refractivity contribution is 6.36. The lowest BCUT2D eigenvalue weighted by Gasteiger charge is -2.19. The van der Waals surface area contributed by atoms with Crippen molar-refractivity contribution in [2.75, 3.05) is 24.9 Å². The van der Waals surface area contributed by atoms with E-state index in [9.17, 15) is 14.4 Å². The third-order valence-electron chi connectivity index (χ3n) is 4.78.